The molecule has 0 saturated carbocycles. The molecule has 1 heterocycles. The van der Waals surface area contributed by atoms with Gasteiger partial charge < -0.3 is 10.2 Å². The van der Waals surface area contributed by atoms with Crippen molar-refractivity contribution in [1.29, 1.82) is 0 Å². The molecule has 1 fully saturated rings. The number of carbonyl (C=O) groups excluding carboxylic acids is 2. The van der Waals surface area contributed by atoms with Crippen molar-refractivity contribution in [3.63, 3.8) is 0 Å². The summed E-state index contributed by atoms with van der Waals surface area (Å²) in [4.78, 5) is 26.9. The molecular weight excluding hydrogens is 355 g/mol. The molecule has 26 heavy (non-hydrogen) atoms. The number of hydrogen-bond acceptors (Lipinski definition) is 2. The third-order valence-corrected chi connectivity index (χ3v) is 4.85. The summed E-state index contributed by atoms with van der Waals surface area (Å²) < 4.78 is 13.0. The highest BCUT2D eigenvalue weighted by atomic mass is 35.5. The number of nitrogens with one attached hydrogen (secondary N) is 1. The lowest BCUT2D eigenvalue weighted by molar-refractivity contribution is -0.121. The van der Waals surface area contributed by atoms with E-state index >= 15 is 0 Å². The van der Waals surface area contributed by atoms with E-state index in [1.165, 1.54) is 24.3 Å². The Labute approximate surface area is 157 Å². The zero-order chi connectivity index (χ0) is 18.7. The van der Waals surface area contributed by atoms with Crippen molar-refractivity contribution in [1.82, 2.24) is 4.90 Å². The minimum Gasteiger partial charge on any atom is -0.338 e. The van der Waals surface area contributed by atoms with Gasteiger partial charge >= 0.3 is 0 Å². The van der Waals surface area contributed by atoms with Gasteiger partial charge in [-0.3, -0.25) is 9.59 Å². The van der Waals surface area contributed by atoms with Gasteiger partial charge in [0.15, 0.2) is 0 Å². The monoisotopic (exact) mass is 374 g/mol. The molecule has 6 heteroatoms. The Hall–Kier alpha value is -2.40. The molecule has 3 rings (SSSR count). The standard InChI is InChI=1S/C20H20ClFN2O2/c1-13-11-16(21)6-9-18(13)23-19(25)15-3-2-10-24(12-15)20(26)14-4-7-17(22)8-5-14/h4-9,11,15H,2-3,10,12H2,1H3,(H,23,25). The zero-order valence-corrected chi connectivity index (χ0v) is 15.2. The molecule has 0 radical (unpaired) electrons. The second-order valence-corrected chi connectivity index (χ2v) is 6.98. The quantitative estimate of drug-likeness (QED) is 0.871. The molecule has 0 aromatic heterocycles. The first-order valence-corrected chi connectivity index (χ1v) is 8.93. The molecule has 4 nitrogen and oxygen atoms in total. The van der Waals surface area contributed by atoms with Crippen molar-refractivity contribution in [2.75, 3.05) is 18.4 Å². The average molecular weight is 375 g/mol. The number of likely N-dealkylation sites (tertiary alicyclic amines) is 1. The lowest BCUT2D eigenvalue weighted by atomic mass is 9.96. The molecule has 1 unspecified atom stereocenters. The number of halogens is 2. The van der Waals surface area contributed by atoms with Crippen LogP contribution in [0.15, 0.2) is 42.5 Å². The highest BCUT2D eigenvalue weighted by Gasteiger charge is 2.29. The first kappa shape index (κ1) is 18.4. The van der Waals surface area contributed by atoms with Crippen LogP contribution in [-0.4, -0.2) is 29.8 Å². The van der Waals surface area contributed by atoms with Crippen LogP contribution in [0, 0.1) is 18.7 Å². The topological polar surface area (TPSA) is 49.4 Å². The Morgan fingerprint density at radius 3 is 2.62 bits per heavy atom. The van der Waals surface area contributed by atoms with E-state index in [1.807, 2.05) is 6.92 Å². The molecule has 1 aliphatic rings. The zero-order valence-electron chi connectivity index (χ0n) is 14.5. The van der Waals surface area contributed by atoms with Gasteiger partial charge in [0.25, 0.3) is 5.91 Å². The fourth-order valence-electron chi connectivity index (χ4n) is 3.15. The number of piperidine rings is 1. The maximum absolute atomic E-state index is 13.0. The van der Waals surface area contributed by atoms with Gasteiger partial charge in [0.1, 0.15) is 5.82 Å². The van der Waals surface area contributed by atoms with Gasteiger partial charge in [0.2, 0.25) is 5.91 Å². The van der Waals surface area contributed by atoms with E-state index in [2.05, 4.69) is 5.32 Å². The molecule has 0 bridgehead atoms. The minimum absolute atomic E-state index is 0.105. The summed E-state index contributed by atoms with van der Waals surface area (Å²) in [6.07, 6.45) is 1.48. The Balaban J connectivity index is 1.66. The number of aryl methyl sites for hydroxylation is 1. The molecule has 2 amide bonds. The molecular formula is C20H20ClFN2O2. The normalized spacial score (nSPS) is 17.0. The number of rotatable bonds is 3. The molecule has 0 aliphatic carbocycles. The largest absolute Gasteiger partial charge is 0.338 e. The van der Waals surface area contributed by atoms with Crippen LogP contribution in [0.5, 0.6) is 0 Å². The number of hydrogen-bond donors (Lipinski definition) is 1. The van der Waals surface area contributed by atoms with E-state index in [4.69, 9.17) is 11.6 Å². The Kier molecular flexibility index (Phi) is 5.57. The summed E-state index contributed by atoms with van der Waals surface area (Å²) in [7, 11) is 0. The fraction of sp³-hybridized carbons (Fsp3) is 0.300. The SMILES string of the molecule is Cc1cc(Cl)ccc1NC(=O)C1CCCN(C(=O)c2ccc(F)cc2)C1. The van der Waals surface area contributed by atoms with Crippen LogP contribution in [0.2, 0.25) is 5.02 Å². The third-order valence-electron chi connectivity index (χ3n) is 4.62. The van der Waals surface area contributed by atoms with Crippen LogP contribution >= 0.6 is 11.6 Å². The molecule has 136 valence electrons. The number of nitrogens with zero attached hydrogens (tertiary/aromatic N) is 1. The molecule has 1 saturated heterocycles. The Bertz CT molecular complexity index is 823. The molecule has 1 atom stereocenters. The predicted molar refractivity (Wildman–Crippen MR) is 99.8 cm³/mol. The third kappa shape index (κ3) is 4.22. The maximum Gasteiger partial charge on any atom is 0.253 e. The predicted octanol–water partition coefficient (Wildman–Crippen LogP) is 4.28. The molecule has 2 aromatic carbocycles. The van der Waals surface area contributed by atoms with Crippen LogP contribution in [0.1, 0.15) is 28.8 Å². The van der Waals surface area contributed by atoms with Crippen molar-refractivity contribution in [2.24, 2.45) is 5.92 Å². The summed E-state index contributed by atoms with van der Waals surface area (Å²) >= 11 is 5.94. The Morgan fingerprint density at radius 1 is 1.19 bits per heavy atom. The summed E-state index contributed by atoms with van der Waals surface area (Å²) in [5.41, 5.74) is 2.04. The smallest absolute Gasteiger partial charge is 0.253 e. The van der Waals surface area contributed by atoms with Crippen molar-refractivity contribution in [2.45, 2.75) is 19.8 Å². The summed E-state index contributed by atoms with van der Waals surface area (Å²) in [6.45, 7) is 2.83. The highest BCUT2D eigenvalue weighted by molar-refractivity contribution is 6.30. The van der Waals surface area contributed by atoms with Crippen LogP contribution in [0.4, 0.5) is 10.1 Å². The van der Waals surface area contributed by atoms with Crippen LogP contribution in [0.3, 0.4) is 0 Å². The van der Waals surface area contributed by atoms with Gasteiger partial charge in [-0.05, 0) is 67.8 Å². The van der Waals surface area contributed by atoms with E-state index in [0.29, 0.717) is 23.7 Å². The van der Waals surface area contributed by atoms with Gasteiger partial charge in [0.05, 0.1) is 5.92 Å². The van der Waals surface area contributed by atoms with E-state index in [1.54, 1.807) is 23.1 Å². The first-order valence-electron chi connectivity index (χ1n) is 8.56. The van der Waals surface area contributed by atoms with Crippen molar-refractivity contribution in [3.05, 3.63) is 64.4 Å². The number of benzene rings is 2. The molecule has 1 aliphatic heterocycles. The fourth-order valence-corrected chi connectivity index (χ4v) is 3.38. The second-order valence-electron chi connectivity index (χ2n) is 6.55. The van der Waals surface area contributed by atoms with E-state index in [-0.39, 0.29) is 23.5 Å². The van der Waals surface area contributed by atoms with Gasteiger partial charge in [-0.2, -0.15) is 0 Å². The number of anilines is 1. The lowest BCUT2D eigenvalue weighted by Gasteiger charge is -2.32. The first-order chi connectivity index (χ1) is 12.4. The number of carbonyl (C=O) groups is 2. The molecule has 0 spiro atoms. The number of amides is 2. The van der Waals surface area contributed by atoms with Gasteiger partial charge in [-0.15, -0.1) is 0 Å². The van der Waals surface area contributed by atoms with Gasteiger partial charge in [-0.1, -0.05) is 11.6 Å². The highest BCUT2D eigenvalue weighted by Crippen LogP contribution is 2.23. The average Bonchev–Trinajstić information content (AvgIpc) is 2.64. The molecule has 2 aromatic rings. The van der Waals surface area contributed by atoms with Gasteiger partial charge in [-0.25, -0.2) is 4.39 Å². The van der Waals surface area contributed by atoms with Crippen molar-refractivity contribution >= 4 is 29.1 Å². The minimum atomic E-state index is -0.379. The summed E-state index contributed by atoms with van der Waals surface area (Å²) in [5, 5.41) is 3.55. The van der Waals surface area contributed by atoms with Crippen LogP contribution in [-0.2, 0) is 4.79 Å². The van der Waals surface area contributed by atoms with Crippen molar-refractivity contribution in [3.8, 4) is 0 Å². The maximum atomic E-state index is 13.0. The Morgan fingerprint density at radius 2 is 1.92 bits per heavy atom. The lowest BCUT2D eigenvalue weighted by Crippen LogP contribution is -2.43. The molecule has 1 N–H and O–H groups in total. The second kappa shape index (κ2) is 7.87. The summed E-state index contributed by atoms with van der Waals surface area (Å²) in [6, 6.07) is 10.8. The summed E-state index contributed by atoms with van der Waals surface area (Å²) in [5.74, 6) is -0.934. The van der Waals surface area contributed by atoms with Gasteiger partial charge in [0, 0.05) is 29.4 Å². The van der Waals surface area contributed by atoms with E-state index in [9.17, 15) is 14.0 Å². The van der Waals surface area contributed by atoms with Crippen molar-refractivity contribution < 1.29 is 14.0 Å². The van der Waals surface area contributed by atoms with E-state index < -0.39 is 0 Å². The van der Waals surface area contributed by atoms with Crippen LogP contribution < -0.4 is 5.32 Å². The van der Waals surface area contributed by atoms with E-state index in [0.717, 1.165) is 24.1 Å². The van der Waals surface area contributed by atoms with Crippen LogP contribution in [0.25, 0.3) is 0 Å².